The lowest BCUT2D eigenvalue weighted by molar-refractivity contribution is -0.117. The molecule has 0 radical (unpaired) electrons. The van der Waals surface area contributed by atoms with Crippen LogP contribution in [-0.4, -0.2) is 38.0 Å². The zero-order valence-corrected chi connectivity index (χ0v) is 12.9. The van der Waals surface area contributed by atoms with Gasteiger partial charge in [0.15, 0.2) is 0 Å². The summed E-state index contributed by atoms with van der Waals surface area (Å²) < 4.78 is 0. The first-order chi connectivity index (χ1) is 9.56. The molecule has 4 nitrogen and oxygen atoms in total. The molecule has 1 aromatic rings. The van der Waals surface area contributed by atoms with Crippen molar-refractivity contribution >= 4 is 23.7 Å². The monoisotopic (exact) mass is 295 g/mol. The van der Waals surface area contributed by atoms with Gasteiger partial charge in [-0.15, -0.1) is 0 Å². The number of nitrogens with zero attached hydrogens (tertiary/aromatic N) is 1. The topological polar surface area (TPSA) is 44.4 Å². The van der Waals surface area contributed by atoms with Gasteiger partial charge in [-0.2, -0.15) is 0 Å². The van der Waals surface area contributed by atoms with Gasteiger partial charge in [0.2, 0.25) is 6.41 Å². The largest absolute Gasteiger partial charge is 0.361 e. The first-order valence-electron chi connectivity index (χ1n) is 6.56. The Bertz CT molecular complexity index is 462. The summed E-state index contributed by atoms with van der Waals surface area (Å²) in [4.78, 5) is 12.3. The molecular weight excluding hydrogens is 274 g/mol. The molecule has 0 heterocycles. The third-order valence-electron chi connectivity index (χ3n) is 3.01. The highest BCUT2D eigenvalue weighted by molar-refractivity contribution is 6.33. The highest BCUT2D eigenvalue weighted by Gasteiger charge is 2.09. The maximum atomic E-state index is 10.6. The number of halogens is 1. The Balaban J connectivity index is 2.56. The second-order valence-corrected chi connectivity index (χ2v) is 5.26. The number of carbonyl (C=O) groups is 1. The molecule has 0 aliphatic rings. The average molecular weight is 296 g/mol. The van der Waals surface area contributed by atoms with Crippen molar-refractivity contribution in [3.05, 3.63) is 41.1 Å². The first-order valence-corrected chi connectivity index (χ1v) is 6.94. The van der Waals surface area contributed by atoms with Crippen LogP contribution < -0.4 is 10.6 Å². The molecule has 0 spiro atoms. The minimum Gasteiger partial charge on any atom is -0.361 e. The quantitative estimate of drug-likeness (QED) is 0.725. The van der Waals surface area contributed by atoms with Crippen molar-refractivity contribution in [2.75, 3.05) is 26.0 Å². The van der Waals surface area contributed by atoms with Crippen molar-refractivity contribution < 1.29 is 4.79 Å². The molecule has 0 aromatic heterocycles. The molecule has 5 heteroatoms. The summed E-state index contributed by atoms with van der Waals surface area (Å²) in [6.45, 7) is 2.73. The molecule has 0 aliphatic heterocycles. The number of likely N-dealkylation sites (N-methyl/N-ethyl adjacent to an activating group) is 2. The fraction of sp³-hybridized carbons (Fsp3) is 0.400. The third-order valence-corrected chi connectivity index (χ3v) is 3.34. The molecular formula is C15H22ClN3O. The smallest absolute Gasteiger partial charge is 0.209 e. The molecule has 0 fully saturated rings. The van der Waals surface area contributed by atoms with E-state index in [0.29, 0.717) is 11.6 Å². The molecule has 0 bridgehead atoms. The van der Waals surface area contributed by atoms with Crippen molar-refractivity contribution in [3.63, 3.8) is 0 Å². The summed E-state index contributed by atoms with van der Waals surface area (Å²) in [6, 6.07) is 7.85. The summed E-state index contributed by atoms with van der Waals surface area (Å²) in [7, 11) is 3.68. The lowest BCUT2D eigenvalue weighted by Gasteiger charge is -2.21. The van der Waals surface area contributed by atoms with Gasteiger partial charge in [-0.25, -0.2) is 0 Å². The Morgan fingerprint density at radius 2 is 2.15 bits per heavy atom. The molecule has 0 saturated carbocycles. The number of benzene rings is 1. The van der Waals surface area contributed by atoms with Crippen LogP contribution in [0.15, 0.2) is 36.0 Å². The highest BCUT2D eigenvalue weighted by atomic mass is 35.5. The van der Waals surface area contributed by atoms with Crippen LogP contribution in [0.5, 0.6) is 0 Å². The normalized spacial score (nSPS) is 12.9. The fourth-order valence-electron chi connectivity index (χ4n) is 1.88. The van der Waals surface area contributed by atoms with Crippen LogP contribution in [0, 0.1) is 0 Å². The SMILES string of the molecule is CNC(C/C(C)=C/Nc1ccccc1Cl)CN(C)C=O. The molecule has 0 aliphatic carbocycles. The van der Waals surface area contributed by atoms with Gasteiger partial charge >= 0.3 is 0 Å². The zero-order valence-electron chi connectivity index (χ0n) is 12.2. The van der Waals surface area contributed by atoms with Gasteiger partial charge in [0.1, 0.15) is 0 Å². The highest BCUT2D eigenvalue weighted by Crippen LogP contribution is 2.20. The van der Waals surface area contributed by atoms with Crippen LogP contribution in [0.2, 0.25) is 5.02 Å². The van der Waals surface area contributed by atoms with Gasteiger partial charge < -0.3 is 15.5 Å². The fourth-order valence-corrected chi connectivity index (χ4v) is 2.07. The van der Waals surface area contributed by atoms with E-state index in [1.807, 2.05) is 37.5 Å². The van der Waals surface area contributed by atoms with Crippen LogP contribution in [0.4, 0.5) is 5.69 Å². The number of anilines is 1. The van der Waals surface area contributed by atoms with Crippen LogP contribution in [-0.2, 0) is 4.79 Å². The number of nitrogens with one attached hydrogen (secondary N) is 2. The summed E-state index contributed by atoms with van der Waals surface area (Å²) in [5, 5.41) is 7.11. The molecule has 1 amide bonds. The standard InChI is InChI=1S/C15H22ClN3O/c1-12(8-13(17-2)10-19(3)11-20)9-18-15-7-5-4-6-14(15)16/h4-7,9,11,13,17-18H,8,10H2,1-3H3/b12-9+. The molecule has 2 N–H and O–H groups in total. The van der Waals surface area contributed by atoms with E-state index >= 15 is 0 Å². The van der Waals surface area contributed by atoms with Crippen molar-refractivity contribution in [1.29, 1.82) is 0 Å². The predicted octanol–water partition coefficient (Wildman–Crippen LogP) is 2.72. The number of para-hydroxylation sites is 1. The number of hydrogen-bond acceptors (Lipinski definition) is 3. The first kappa shape index (κ1) is 16.5. The Hall–Kier alpha value is -1.52. The van der Waals surface area contributed by atoms with Gasteiger partial charge in [0.25, 0.3) is 0 Å². The molecule has 1 unspecified atom stereocenters. The number of carbonyl (C=O) groups excluding carboxylic acids is 1. The second-order valence-electron chi connectivity index (χ2n) is 4.85. The summed E-state index contributed by atoms with van der Waals surface area (Å²) in [6.07, 6.45) is 3.64. The number of rotatable bonds is 8. The van der Waals surface area contributed by atoms with E-state index in [4.69, 9.17) is 11.6 Å². The van der Waals surface area contributed by atoms with Gasteiger partial charge in [-0.1, -0.05) is 29.3 Å². The minimum absolute atomic E-state index is 0.231. The summed E-state index contributed by atoms with van der Waals surface area (Å²) in [5.74, 6) is 0. The van der Waals surface area contributed by atoms with Crippen LogP contribution in [0.25, 0.3) is 0 Å². The van der Waals surface area contributed by atoms with Gasteiger partial charge in [-0.3, -0.25) is 4.79 Å². The maximum absolute atomic E-state index is 10.6. The van der Waals surface area contributed by atoms with E-state index in [9.17, 15) is 4.79 Å². The minimum atomic E-state index is 0.231. The molecule has 1 aromatic carbocycles. The number of amides is 1. The second kappa shape index (κ2) is 8.61. The van der Waals surface area contributed by atoms with E-state index in [1.165, 1.54) is 5.57 Å². The number of hydrogen-bond donors (Lipinski definition) is 2. The van der Waals surface area contributed by atoms with E-state index in [2.05, 4.69) is 17.6 Å². The van der Waals surface area contributed by atoms with Crippen molar-refractivity contribution in [1.82, 2.24) is 10.2 Å². The van der Waals surface area contributed by atoms with Crippen LogP contribution in [0.3, 0.4) is 0 Å². The van der Waals surface area contributed by atoms with Crippen LogP contribution in [0.1, 0.15) is 13.3 Å². The Kier molecular flexibility index (Phi) is 7.12. The van der Waals surface area contributed by atoms with E-state index in [-0.39, 0.29) is 6.04 Å². The molecule has 0 saturated heterocycles. The zero-order chi connectivity index (χ0) is 15.0. The lowest BCUT2D eigenvalue weighted by atomic mass is 10.1. The Labute approximate surface area is 125 Å². The Morgan fingerprint density at radius 3 is 2.75 bits per heavy atom. The molecule has 1 rings (SSSR count). The van der Waals surface area contributed by atoms with Crippen molar-refractivity contribution in [3.8, 4) is 0 Å². The molecule has 1 atom stereocenters. The van der Waals surface area contributed by atoms with Gasteiger partial charge in [0, 0.05) is 25.8 Å². The summed E-state index contributed by atoms with van der Waals surface area (Å²) >= 11 is 6.08. The Morgan fingerprint density at radius 1 is 1.45 bits per heavy atom. The molecule has 20 heavy (non-hydrogen) atoms. The van der Waals surface area contributed by atoms with E-state index < -0.39 is 0 Å². The van der Waals surface area contributed by atoms with Crippen molar-refractivity contribution in [2.45, 2.75) is 19.4 Å². The predicted molar refractivity (Wildman–Crippen MR) is 85.0 cm³/mol. The average Bonchev–Trinajstić information content (AvgIpc) is 2.45. The van der Waals surface area contributed by atoms with Crippen molar-refractivity contribution in [2.24, 2.45) is 0 Å². The maximum Gasteiger partial charge on any atom is 0.209 e. The van der Waals surface area contributed by atoms with E-state index in [0.717, 1.165) is 18.5 Å². The summed E-state index contributed by atoms with van der Waals surface area (Å²) in [5.41, 5.74) is 2.07. The van der Waals surface area contributed by atoms with E-state index in [1.54, 1.807) is 11.9 Å². The van der Waals surface area contributed by atoms with Gasteiger partial charge in [0.05, 0.1) is 10.7 Å². The van der Waals surface area contributed by atoms with Gasteiger partial charge in [-0.05, 0) is 32.5 Å². The molecule has 110 valence electrons. The third kappa shape index (κ3) is 5.63. The lowest BCUT2D eigenvalue weighted by Crippen LogP contribution is -2.37. The van der Waals surface area contributed by atoms with Crippen LogP contribution >= 0.6 is 11.6 Å².